The van der Waals surface area contributed by atoms with E-state index in [2.05, 4.69) is 0 Å². The Bertz CT molecular complexity index is 571. The molecule has 0 radical (unpaired) electrons. The number of hydroxylamine groups is 2. The van der Waals surface area contributed by atoms with E-state index < -0.39 is 17.8 Å². The summed E-state index contributed by atoms with van der Waals surface area (Å²) in [4.78, 5) is 29.4. The normalized spacial score (nSPS) is 15.7. The van der Waals surface area contributed by atoms with Gasteiger partial charge >= 0.3 is 6.09 Å². The van der Waals surface area contributed by atoms with Crippen LogP contribution >= 0.6 is 0 Å². The van der Waals surface area contributed by atoms with Crippen molar-refractivity contribution in [3.63, 3.8) is 0 Å². The van der Waals surface area contributed by atoms with Gasteiger partial charge < -0.3 is 10.0 Å². The first kappa shape index (κ1) is 16.2. The lowest BCUT2D eigenvalue weighted by Crippen LogP contribution is -2.37. The molecule has 120 valence electrons. The van der Waals surface area contributed by atoms with Gasteiger partial charge in [0.25, 0.3) is 5.91 Å². The van der Waals surface area contributed by atoms with Crippen molar-refractivity contribution in [3.8, 4) is 0 Å². The van der Waals surface area contributed by atoms with Gasteiger partial charge in [-0.3, -0.25) is 9.63 Å². The Labute approximate surface area is 128 Å². The summed E-state index contributed by atoms with van der Waals surface area (Å²) in [7, 11) is 2.83. The third-order valence-electron chi connectivity index (χ3n) is 4.02. The van der Waals surface area contributed by atoms with E-state index in [4.69, 9.17) is 9.94 Å². The summed E-state index contributed by atoms with van der Waals surface area (Å²) < 4.78 is 14.3. The molecule has 1 aromatic rings. The number of rotatable bonds is 3. The van der Waals surface area contributed by atoms with E-state index in [-0.39, 0.29) is 11.5 Å². The first-order chi connectivity index (χ1) is 10.5. The number of halogens is 1. The molecule has 22 heavy (non-hydrogen) atoms. The molecule has 2 amide bonds. The predicted molar refractivity (Wildman–Crippen MR) is 77.1 cm³/mol. The van der Waals surface area contributed by atoms with Crippen molar-refractivity contribution in [2.24, 2.45) is 0 Å². The molecule has 7 heteroatoms. The molecule has 0 unspecified atom stereocenters. The topological polar surface area (TPSA) is 70.1 Å². The van der Waals surface area contributed by atoms with Crippen molar-refractivity contribution in [1.29, 1.82) is 0 Å². The Morgan fingerprint density at radius 2 is 2.00 bits per heavy atom. The number of carbonyl (C=O) groups is 2. The van der Waals surface area contributed by atoms with Crippen LogP contribution in [-0.4, -0.2) is 54.3 Å². The predicted octanol–water partition coefficient (Wildman–Crippen LogP) is 2.32. The second kappa shape index (κ2) is 6.74. The summed E-state index contributed by atoms with van der Waals surface area (Å²) in [5.74, 6) is -1.04. The Morgan fingerprint density at radius 3 is 2.55 bits per heavy atom. The number of likely N-dealkylation sites (tertiary alicyclic amines) is 1. The summed E-state index contributed by atoms with van der Waals surface area (Å²) in [6.07, 6.45) is 0.0106. The van der Waals surface area contributed by atoms with Gasteiger partial charge in [0.05, 0.1) is 7.11 Å². The van der Waals surface area contributed by atoms with Crippen LogP contribution < -0.4 is 0 Å². The highest BCUT2D eigenvalue weighted by Gasteiger charge is 2.29. The number of carboxylic acid groups (broad SMARTS) is 1. The van der Waals surface area contributed by atoms with E-state index in [9.17, 15) is 14.0 Å². The fourth-order valence-corrected chi connectivity index (χ4v) is 2.75. The lowest BCUT2D eigenvalue weighted by molar-refractivity contribution is -0.0758. The maximum Gasteiger partial charge on any atom is 0.407 e. The maximum absolute atomic E-state index is 14.3. The standard InChI is InChI=1S/C15H19FN2O4/c1-17(22-2)14(19)11-4-3-5-12(16)13(11)10-6-8-18(9-7-10)15(20)21/h3-5,10H,6-9H2,1-2H3,(H,20,21). The first-order valence-corrected chi connectivity index (χ1v) is 7.04. The monoisotopic (exact) mass is 310 g/mol. The molecule has 1 N–H and O–H groups in total. The second-order valence-electron chi connectivity index (χ2n) is 5.23. The van der Waals surface area contributed by atoms with Crippen LogP contribution in [-0.2, 0) is 4.84 Å². The van der Waals surface area contributed by atoms with Crippen molar-refractivity contribution in [2.75, 3.05) is 27.2 Å². The minimum absolute atomic E-state index is 0.180. The first-order valence-electron chi connectivity index (χ1n) is 7.04. The van der Waals surface area contributed by atoms with Crippen molar-refractivity contribution in [1.82, 2.24) is 9.96 Å². The number of hydrogen-bond donors (Lipinski definition) is 1. The Hall–Kier alpha value is -2.15. The highest BCUT2D eigenvalue weighted by atomic mass is 19.1. The van der Waals surface area contributed by atoms with E-state index in [1.807, 2.05) is 0 Å². The quantitative estimate of drug-likeness (QED) is 0.870. The molecule has 0 saturated carbocycles. The van der Waals surface area contributed by atoms with E-state index >= 15 is 0 Å². The lowest BCUT2D eigenvalue weighted by atomic mass is 9.86. The van der Waals surface area contributed by atoms with Crippen LogP contribution in [0.15, 0.2) is 18.2 Å². The third-order valence-corrected chi connectivity index (χ3v) is 4.02. The minimum Gasteiger partial charge on any atom is -0.465 e. The molecule has 0 spiro atoms. The zero-order valence-corrected chi connectivity index (χ0v) is 12.6. The van der Waals surface area contributed by atoms with Crippen molar-refractivity contribution in [3.05, 3.63) is 35.1 Å². The van der Waals surface area contributed by atoms with Gasteiger partial charge in [0.1, 0.15) is 5.82 Å². The van der Waals surface area contributed by atoms with Crippen molar-refractivity contribution < 1.29 is 23.9 Å². The molecular weight excluding hydrogens is 291 g/mol. The van der Waals surface area contributed by atoms with E-state index in [0.29, 0.717) is 31.5 Å². The molecular formula is C15H19FN2O4. The maximum atomic E-state index is 14.3. The smallest absolute Gasteiger partial charge is 0.407 e. The number of amides is 2. The van der Waals surface area contributed by atoms with Gasteiger partial charge in [-0.15, -0.1) is 0 Å². The molecule has 1 saturated heterocycles. The Balaban J connectivity index is 2.28. The SMILES string of the molecule is CON(C)C(=O)c1cccc(F)c1C1CCN(C(=O)O)CC1. The largest absolute Gasteiger partial charge is 0.465 e. The van der Waals surface area contributed by atoms with Gasteiger partial charge in [-0.1, -0.05) is 6.07 Å². The molecule has 0 atom stereocenters. The summed E-state index contributed by atoms with van der Waals surface area (Å²) >= 11 is 0. The van der Waals surface area contributed by atoms with E-state index in [0.717, 1.165) is 5.06 Å². The summed E-state index contributed by atoms with van der Waals surface area (Å²) in [5.41, 5.74) is 0.611. The van der Waals surface area contributed by atoms with Crippen LogP contribution in [0.4, 0.5) is 9.18 Å². The zero-order valence-electron chi connectivity index (χ0n) is 12.6. The second-order valence-corrected chi connectivity index (χ2v) is 5.23. The molecule has 1 heterocycles. The molecule has 2 rings (SSSR count). The fourth-order valence-electron chi connectivity index (χ4n) is 2.75. The van der Waals surface area contributed by atoms with Crippen LogP contribution in [0.2, 0.25) is 0 Å². The van der Waals surface area contributed by atoms with Crippen LogP contribution in [0, 0.1) is 5.82 Å². The van der Waals surface area contributed by atoms with Crippen molar-refractivity contribution in [2.45, 2.75) is 18.8 Å². The summed E-state index contributed by atoms with van der Waals surface area (Å²) in [5, 5.41) is 10.0. The van der Waals surface area contributed by atoms with Gasteiger partial charge in [-0.25, -0.2) is 14.2 Å². The van der Waals surface area contributed by atoms with Crippen LogP contribution in [0.25, 0.3) is 0 Å². The van der Waals surface area contributed by atoms with Gasteiger partial charge in [-0.2, -0.15) is 0 Å². The number of benzene rings is 1. The van der Waals surface area contributed by atoms with Crippen LogP contribution in [0.1, 0.15) is 34.7 Å². The van der Waals surface area contributed by atoms with Gasteiger partial charge in [0, 0.05) is 31.3 Å². The van der Waals surface area contributed by atoms with Gasteiger partial charge in [-0.05, 0) is 30.9 Å². The fraction of sp³-hybridized carbons (Fsp3) is 0.467. The lowest BCUT2D eigenvalue weighted by Gasteiger charge is -2.31. The highest BCUT2D eigenvalue weighted by molar-refractivity contribution is 5.95. The molecule has 6 nitrogen and oxygen atoms in total. The zero-order chi connectivity index (χ0) is 16.3. The third kappa shape index (κ3) is 3.19. The van der Waals surface area contributed by atoms with Crippen LogP contribution in [0.3, 0.4) is 0 Å². The number of carbonyl (C=O) groups excluding carboxylic acids is 1. The molecule has 0 bridgehead atoms. The van der Waals surface area contributed by atoms with Crippen LogP contribution in [0.5, 0.6) is 0 Å². The van der Waals surface area contributed by atoms with E-state index in [1.165, 1.54) is 31.2 Å². The van der Waals surface area contributed by atoms with Gasteiger partial charge in [0.15, 0.2) is 0 Å². The highest BCUT2D eigenvalue weighted by Crippen LogP contribution is 2.33. The molecule has 1 aromatic carbocycles. The summed E-state index contributed by atoms with van der Waals surface area (Å²) in [6, 6.07) is 4.38. The van der Waals surface area contributed by atoms with E-state index in [1.54, 1.807) is 6.07 Å². The molecule has 1 fully saturated rings. The molecule has 0 aliphatic carbocycles. The number of piperidine rings is 1. The Morgan fingerprint density at radius 1 is 1.36 bits per heavy atom. The number of hydrogen-bond acceptors (Lipinski definition) is 3. The van der Waals surface area contributed by atoms with Gasteiger partial charge in [0.2, 0.25) is 0 Å². The average Bonchev–Trinajstić information content (AvgIpc) is 2.53. The summed E-state index contributed by atoms with van der Waals surface area (Å²) in [6.45, 7) is 0.671. The molecule has 1 aliphatic heterocycles. The molecule has 1 aliphatic rings. The van der Waals surface area contributed by atoms with Crippen molar-refractivity contribution >= 4 is 12.0 Å². The molecule has 0 aromatic heterocycles. The minimum atomic E-state index is -0.970. The Kier molecular flexibility index (Phi) is 4.97. The number of nitrogens with zero attached hydrogens (tertiary/aromatic N) is 2. The average molecular weight is 310 g/mol.